The van der Waals surface area contributed by atoms with Gasteiger partial charge in [-0.05, 0) is 19.5 Å². The first-order chi connectivity index (χ1) is 8.99. The third kappa shape index (κ3) is 5.20. The van der Waals surface area contributed by atoms with Gasteiger partial charge in [-0.15, -0.1) is 0 Å². The van der Waals surface area contributed by atoms with E-state index in [1.54, 1.807) is 0 Å². The van der Waals surface area contributed by atoms with Crippen molar-refractivity contribution in [1.82, 2.24) is 14.9 Å². The minimum Gasteiger partial charge on any atom is -0.369 e. The van der Waals surface area contributed by atoms with E-state index in [1.165, 1.54) is 0 Å². The van der Waals surface area contributed by atoms with Gasteiger partial charge >= 0.3 is 6.18 Å². The fourth-order valence-corrected chi connectivity index (χ4v) is 1.94. The topological polar surface area (TPSA) is 67.1 Å². The van der Waals surface area contributed by atoms with E-state index >= 15 is 0 Å². The Balaban J connectivity index is 2.81. The molecule has 0 radical (unpaired) electrons. The molecule has 0 fully saturated rings. The van der Waals surface area contributed by atoms with Crippen LogP contribution in [0.25, 0.3) is 0 Å². The molecule has 0 bridgehead atoms. The summed E-state index contributed by atoms with van der Waals surface area (Å²) < 4.78 is 37.8. The molecule has 0 saturated carbocycles. The van der Waals surface area contributed by atoms with Crippen LogP contribution in [0, 0.1) is 5.41 Å². The van der Waals surface area contributed by atoms with Crippen molar-refractivity contribution in [1.29, 1.82) is 0 Å². The van der Waals surface area contributed by atoms with Gasteiger partial charge in [-0.2, -0.15) is 18.2 Å². The molecule has 0 aliphatic rings. The molecular weight excluding hydrogens is 271 g/mol. The molecule has 0 aromatic carbocycles. The third-order valence-corrected chi connectivity index (χ3v) is 2.53. The number of nitrogens with two attached hydrogens (primary N) is 1. The molecule has 1 rings (SSSR count). The van der Waals surface area contributed by atoms with Crippen molar-refractivity contribution >= 4 is 11.8 Å². The lowest BCUT2D eigenvalue weighted by molar-refractivity contribution is -0.141. The maximum absolute atomic E-state index is 12.6. The maximum atomic E-state index is 12.6. The van der Waals surface area contributed by atoms with Gasteiger partial charge in [0.05, 0.1) is 0 Å². The minimum absolute atomic E-state index is 0.0802. The molecule has 0 saturated heterocycles. The second-order valence-electron chi connectivity index (χ2n) is 5.75. The summed E-state index contributed by atoms with van der Waals surface area (Å²) in [5.41, 5.74) is 4.14. The average molecular weight is 291 g/mol. The molecule has 8 heteroatoms. The molecule has 0 unspecified atom stereocenters. The zero-order chi connectivity index (χ0) is 15.6. The summed E-state index contributed by atoms with van der Waals surface area (Å²) >= 11 is 0. The molecule has 1 aromatic heterocycles. The number of nitrogens with one attached hydrogen (secondary N) is 1. The van der Waals surface area contributed by atoms with E-state index in [0.717, 1.165) is 12.6 Å². The SMILES string of the molecule is CN(C)CC(C)(C)CNc1cc(C(F)(F)F)nc(N)n1. The first kappa shape index (κ1) is 16.5. The van der Waals surface area contributed by atoms with Gasteiger partial charge in [0.15, 0.2) is 5.69 Å². The third-order valence-electron chi connectivity index (χ3n) is 2.53. The Morgan fingerprint density at radius 3 is 2.35 bits per heavy atom. The highest BCUT2D eigenvalue weighted by Gasteiger charge is 2.33. The largest absolute Gasteiger partial charge is 0.433 e. The Labute approximate surface area is 116 Å². The number of hydrogen-bond donors (Lipinski definition) is 2. The van der Waals surface area contributed by atoms with Gasteiger partial charge in [-0.1, -0.05) is 13.8 Å². The second-order valence-corrected chi connectivity index (χ2v) is 5.75. The van der Waals surface area contributed by atoms with Crippen LogP contribution in [0.1, 0.15) is 19.5 Å². The molecule has 0 aliphatic carbocycles. The van der Waals surface area contributed by atoms with Crippen molar-refractivity contribution in [3.63, 3.8) is 0 Å². The van der Waals surface area contributed by atoms with E-state index in [-0.39, 0.29) is 11.2 Å². The van der Waals surface area contributed by atoms with Crippen LogP contribution in [-0.2, 0) is 6.18 Å². The van der Waals surface area contributed by atoms with Crippen molar-refractivity contribution in [2.45, 2.75) is 20.0 Å². The van der Waals surface area contributed by atoms with Crippen molar-refractivity contribution in [2.75, 3.05) is 38.2 Å². The first-order valence-electron chi connectivity index (χ1n) is 6.10. The summed E-state index contributed by atoms with van der Waals surface area (Å²) in [4.78, 5) is 8.97. The van der Waals surface area contributed by atoms with Crippen LogP contribution in [0.3, 0.4) is 0 Å². The molecule has 1 heterocycles. The van der Waals surface area contributed by atoms with Crippen LogP contribution in [0.15, 0.2) is 6.07 Å². The van der Waals surface area contributed by atoms with E-state index < -0.39 is 17.8 Å². The van der Waals surface area contributed by atoms with E-state index in [4.69, 9.17) is 5.73 Å². The Kier molecular flexibility index (Phi) is 4.80. The predicted molar refractivity (Wildman–Crippen MR) is 72.3 cm³/mol. The van der Waals surface area contributed by atoms with E-state index in [1.807, 2.05) is 32.8 Å². The number of halogens is 3. The highest BCUT2D eigenvalue weighted by Crippen LogP contribution is 2.29. The van der Waals surface area contributed by atoms with Gasteiger partial charge in [0.25, 0.3) is 0 Å². The van der Waals surface area contributed by atoms with Crippen LogP contribution in [0.2, 0.25) is 0 Å². The van der Waals surface area contributed by atoms with Crippen LogP contribution in [0.4, 0.5) is 24.9 Å². The van der Waals surface area contributed by atoms with E-state index in [9.17, 15) is 13.2 Å². The second kappa shape index (κ2) is 5.82. The molecule has 0 spiro atoms. The number of alkyl halides is 3. The van der Waals surface area contributed by atoms with Crippen molar-refractivity contribution in [2.24, 2.45) is 5.41 Å². The quantitative estimate of drug-likeness (QED) is 0.869. The van der Waals surface area contributed by atoms with Gasteiger partial charge in [0, 0.05) is 19.2 Å². The van der Waals surface area contributed by atoms with Crippen LogP contribution in [-0.4, -0.2) is 42.1 Å². The molecule has 0 atom stereocenters. The molecule has 1 aromatic rings. The Hall–Kier alpha value is -1.57. The standard InChI is InChI=1S/C12H20F3N5/c1-11(2,7-20(3)4)6-17-9-5-8(12(13,14)15)18-10(16)19-9/h5H,6-7H2,1-4H3,(H3,16,17,18,19). The summed E-state index contributed by atoms with van der Waals surface area (Å²) in [5, 5.41) is 2.89. The Morgan fingerprint density at radius 2 is 1.85 bits per heavy atom. The monoisotopic (exact) mass is 291 g/mol. The number of rotatable bonds is 5. The van der Waals surface area contributed by atoms with Gasteiger partial charge in [0.1, 0.15) is 5.82 Å². The number of aromatic nitrogens is 2. The molecular formula is C12H20F3N5. The Morgan fingerprint density at radius 1 is 1.25 bits per heavy atom. The predicted octanol–water partition coefficient (Wildman–Crippen LogP) is 2.08. The van der Waals surface area contributed by atoms with Gasteiger partial charge < -0.3 is 16.0 Å². The van der Waals surface area contributed by atoms with Crippen LogP contribution >= 0.6 is 0 Å². The highest BCUT2D eigenvalue weighted by molar-refractivity contribution is 5.41. The average Bonchev–Trinajstić information content (AvgIpc) is 2.23. The van der Waals surface area contributed by atoms with Crippen molar-refractivity contribution < 1.29 is 13.2 Å². The maximum Gasteiger partial charge on any atom is 0.433 e. The number of anilines is 2. The van der Waals surface area contributed by atoms with Crippen LogP contribution in [0.5, 0.6) is 0 Å². The molecule has 0 amide bonds. The summed E-state index contributed by atoms with van der Waals surface area (Å²) in [6, 6.07) is 0.863. The summed E-state index contributed by atoms with van der Waals surface area (Å²) in [6.07, 6.45) is -4.54. The molecule has 0 aliphatic heterocycles. The zero-order valence-electron chi connectivity index (χ0n) is 12.0. The number of nitrogen functional groups attached to an aromatic ring is 1. The number of nitrogens with zero attached hydrogens (tertiary/aromatic N) is 3. The van der Waals surface area contributed by atoms with E-state index in [0.29, 0.717) is 6.54 Å². The normalized spacial score (nSPS) is 12.8. The van der Waals surface area contributed by atoms with Crippen molar-refractivity contribution in [3.8, 4) is 0 Å². The van der Waals surface area contributed by atoms with Gasteiger partial charge in [-0.3, -0.25) is 0 Å². The fourth-order valence-electron chi connectivity index (χ4n) is 1.94. The molecule has 3 N–H and O–H groups in total. The molecule has 20 heavy (non-hydrogen) atoms. The molecule has 5 nitrogen and oxygen atoms in total. The Bertz CT molecular complexity index is 457. The minimum atomic E-state index is -4.54. The highest BCUT2D eigenvalue weighted by atomic mass is 19.4. The van der Waals surface area contributed by atoms with E-state index in [2.05, 4.69) is 15.3 Å². The smallest absolute Gasteiger partial charge is 0.369 e. The van der Waals surface area contributed by atoms with Gasteiger partial charge in [0.2, 0.25) is 5.95 Å². The van der Waals surface area contributed by atoms with Gasteiger partial charge in [-0.25, -0.2) is 4.98 Å². The zero-order valence-corrected chi connectivity index (χ0v) is 12.0. The first-order valence-corrected chi connectivity index (χ1v) is 6.10. The summed E-state index contributed by atoms with van der Waals surface area (Å²) in [7, 11) is 3.87. The number of hydrogen-bond acceptors (Lipinski definition) is 5. The van der Waals surface area contributed by atoms with Crippen LogP contribution < -0.4 is 11.1 Å². The van der Waals surface area contributed by atoms with Crippen molar-refractivity contribution in [3.05, 3.63) is 11.8 Å². The summed E-state index contributed by atoms with van der Waals surface area (Å²) in [5.74, 6) is -0.315. The molecule has 114 valence electrons. The lowest BCUT2D eigenvalue weighted by Gasteiger charge is -2.28. The summed E-state index contributed by atoms with van der Waals surface area (Å²) in [6.45, 7) is 5.27. The lowest BCUT2D eigenvalue weighted by Crippen LogP contribution is -2.34. The lowest BCUT2D eigenvalue weighted by atomic mass is 9.93. The fraction of sp³-hybridized carbons (Fsp3) is 0.667.